The van der Waals surface area contributed by atoms with Crippen molar-refractivity contribution in [1.29, 1.82) is 0 Å². The highest BCUT2D eigenvalue weighted by atomic mass is 127. The molecule has 1 fully saturated rings. The SMILES string of the molecule is CCNC(=NCc1ccnn1C)NCCCN1CCC(C)CC1.I. The minimum absolute atomic E-state index is 0. The molecule has 2 rings (SSSR count). The fourth-order valence-corrected chi connectivity index (χ4v) is 2.85. The van der Waals surface area contributed by atoms with Gasteiger partial charge in [0.25, 0.3) is 0 Å². The van der Waals surface area contributed by atoms with Crippen molar-refractivity contribution in [3.63, 3.8) is 0 Å². The van der Waals surface area contributed by atoms with Gasteiger partial charge in [-0.05, 0) is 57.8 Å². The molecule has 1 aromatic rings. The number of nitrogens with one attached hydrogen (secondary N) is 2. The van der Waals surface area contributed by atoms with E-state index in [1.807, 2.05) is 24.0 Å². The topological polar surface area (TPSA) is 57.5 Å². The zero-order valence-electron chi connectivity index (χ0n) is 15.3. The summed E-state index contributed by atoms with van der Waals surface area (Å²) in [5.41, 5.74) is 1.12. The first-order valence-corrected chi connectivity index (χ1v) is 8.90. The standard InChI is InChI=1S/C17H32N6.HI/c1-4-18-17(20-14-16-6-10-21-22(16)3)19-9-5-11-23-12-7-15(2)8-13-23;/h6,10,15H,4-5,7-9,11-14H2,1-3H3,(H2,18,19,20);1H. The molecule has 6 nitrogen and oxygen atoms in total. The lowest BCUT2D eigenvalue weighted by atomic mass is 9.99. The molecule has 0 unspecified atom stereocenters. The molecule has 0 atom stereocenters. The summed E-state index contributed by atoms with van der Waals surface area (Å²) < 4.78 is 1.87. The Kier molecular flexibility index (Phi) is 10.3. The number of hydrogen-bond donors (Lipinski definition) is 2. The van der Waals surface area contributed by atoms with E-state index in [0.717, 1.165) is 37.1 Å². The van der Waals surface area contributed by atoms with Crippen molar-refractivity contribution in [1.82, 2.24) is 25.3 Å². The van der Waals surface area contributed by atoms with E-state index in [-0.39, 0.29) is 24.0 Å². The molecule has 0 radical (unpaired) electrons. The lowest BCUT2D eigenvalue weighted by Gasteiger charge is -2.30. The first kappa shape index (κ1) is 21.2. The van der Waals surface area contributed by atoms with Crippen LogP contribution < -0.4 is 10.6 Å². The van der Waals surface area contributed by atoms with Gasteiger partial charge in [0.2, 0.25) is 0 Å². The fourth-order valence-electron chi connectivity index (χ4n) is 2.85. The van der Waals surface area contributed by atoms with Crippen LogP contribution in [0.2, 0.25) is 0 Å². The number of halogens is 1. The van der Waals surface area contributed by atoms with Crippen LogP contribution in [0.4, 0.5) is 0 Å². The third kappa shape index (κ3) is 7.38. The van der Waals surface area contributed by atoms with E-state index in [2.05, 4.69) is 39.5 Å². The van der Waals surface area contributed by atoms with Gasteiger partial charge < -0.3 is 15.5 Å². The van der Waals surface area contributed by atoms with Gasteiger partial charge in [0.1, 0.15) is 0 Å². The van der Waals surface area contributed by atoms with E-state index < -0.39 is 0 Å². The van der Waals surface area contributed by atoms with Crippen molar-refractivity contribution in [2.45, 2.75) is 39.7 Å². The normalized spacial score (nSPS) is 16.7. The Balaban J connectivity index is 0.00000288. The zero-order chi connectivity index (χ0) is 16.5. The fraction of sp³-hybridized carbons (Fsp3) is 0.765. The van der Waals surface area contributed by atoms with Gasteiger partial charge >= 0.3 is 0 Å². The maximum atomic E-state index is 4.63. The number of aryl methyl sites for hydroxylation is 1. The smallest absolute Gasteiger partial charge is 0.191 e. The molecule has 0 bridgehead atoms. The Bertz CT molecular complexity index is 479. The van der Waals surface area contributed by atoms with Crippen LogP contribution in [0.1, 0.15) is 38.8 Å². The summed E-state index contributed by atoms with van der Waals surface area (Å²) in [5, 5.41) is 10.9. The van der Waals surface area contributed by atoms with Gasteiger partial charge in [0, 0.05) is 26.3 Å². The average molecular weight is 448 g/mol. The Morgan fingerprint density at radius 3 is 2.71 bits per heavy atom. The van der Waals surface area contributed by atoms with Gasteiger partial charge in [-0.1, -0.05) is 6.92 Å². The predicted octanol–water partition coefficient (Wildman–Crippen LogP) is 2.22. The molecule has 2 N–H and O–H groups in total. The second-order valence-corrected chi connectivity index (χ2v) is 6.45. The van der Waals surface area contributed by atoms with Crippen molar-refractivity contribution in [2.24, 2.45) is 18.0 Å². The second-order valence-electron chi connectivity index (χ2n) is 6.45. The van der Waals surface area contributed by atoms with Gasteiger partial charge in [-0.3, -0.25) is 4.68 Å². The molecular weight excluding hydrogens is 415 g/mol. The van der Waals surface area contributed by atoms with E-state index in [4.69, 9.17) is 0 Å². The Hall–Kier alpha value is -0.830. The van der Waals surface area contributed by atoms with E-state index in [0.29, 0.717) is 6.54 Å². The largest absolute Gasteiger partial charge is 0.357 e. The molecule has 0 spiro atoms. The summed E-state index contributed by atoms with van der Waals surface area (Å²) in [4.78, 5) is 7.22. The Morgan fingerprint density at radius 2 is 2.08 bits per heavy atom. The molecule has 138 valence electrons. The third-order valence-electron chi connectivity index (χ3n) is 4.49. The molecule has 0 aromatic carbocycles. The molecule has 1 saturated heterocycles. The highest BCUT2D eigenvalue weighted by molar-refractivity contribution is 14.0. The quantitative estimate of drug-likeness (QED) is 0.291. The van der Waals surface area contributed by atoms with Crippen molar-refractivity contribution in [2.75, 3.05) is 32.7 Å². The van der Waals surface area contributed by atoms with Crippen LogP contribution in [-0.4, -0.2) is 53.4 Å². The molecule has 2 heterocycles. The summed E-state index contributed by atoms with van der Waals surface area (Å²) >= 11 is 0. The molecule has 0 aliphatic carbocycles. The number of piperidine rings is 1. The van der Waals surface area contributed by atoms with Crippen LogP contribution in [0.15, 0.2) is 17.3 Å². The Labute approximate surface area is 163 Å². The zero-order valence-corrected chi connectivity index (χ0v) is 17.6. The second kappa shape index (κ2) is 11.7. The summed E-state index contributed by atoms with van der Waals surface area (Å²) in [5.74, 6) is 1.80. The molecule has 1 aliphatic rings. The van der Waals surface area contributed by atoms with E-state index in [1.165, 1.54) is 32.5 Å². The van der Waals surface area contributed by atoms with Crippen LogP contribution >= 0.6 is 24.0 Å². The third-order valence-corrected chi connectivity index (χ3v) is 4.49. The number of aromatic nitrogens is 2. The number of guanidine groups is 1. The molecule has 1 aliphatic heterocycles. The summed E-state index contributed by atoms with van der Waals surface area (Å²) in [7, 11) is 1.95. The van der Waals surface area contributed by atoms with Crippen molar-refractivity contribution < 1.29 is 0 Å². The van der Waals surface area contributed by atoms with Crippen LogP contribution in [-0.2, 0) is 13.6 Å². The van der Waals surface area contributed by atoms with Crippen LogP contribution in [0, 0.1) is 5.92 Å². The highest BCUT2D eigenvalue weighted by Crippen LogP contribution is 2.15. The van der Waals surface area contributed by atoms with E-state index >= 15 is 0 Å². The number of rotatable bonds is 7. The molecule has 0 saturated carbocycles. The van der Waals surface area contributed by atoms with Crippen molar-refractivity contribution >= 4 is 29.9 Å². The highest BCUT2D eigenvalue weighted by Gasteiger charge is 2.14. The average Bonchev–Trinajstić information content (AvgIpc) is 2.96. The van der Waals surface area contributed by atoms with Gasteiger partial charge in [-0.2, -0.15) is 5.10 Å². The lowest BCUT2D eigenvalue weighted by Crippen LogP contribution is -2.39. The first-order chi connectivity index (χ1) is 11.2. The summed E-state index contributed by atoms with van der Waals surface area (Å²) in [6, 6.07) is 2.00. The van der Waals surface area contributed by atoms with E-state index in [9.17, 15) is 0 Å². The molecule has 24 heavy (non-hydrogen) atoms. The Morgan fingerprint density at radius 1 is 1.33 bits per heavy atom. The van der Waals surface area contributed by atoms with Crippen molar-refractivity contribution in [3.8, 4) is 0 Å². The minimum atomic E-state index is 0. The number of hydrogen-bond acceptors (Lipinski definition) is 3. The molecule has 1 aromatic heterocycles. The lowest BCUT2D eigenvalue weighted by molar-refractivity contribution is 0.191. The summed E-state index contributed by atoms with van der Waals surface area (Å²) in [6.07, 6.45) is 5.67. The summed E-state index contributed by atoms with van der Waals surface area (Å²) in [6.45, 7) is 10.6. The molecule has 7 heteroatoms. The van der Waals surface area contributed by atoms with Gasteiger partial charge in [0.15, 0.2) is 5.96 Å². The molecule has 0 amide bonds. The maximum absolute atomic E-state index is 4.63. The monoisotopic (exact) mass is 448 g/mol. The van der Waals surface area contributed by atoms with Crippen LogP contribution in [0.25, 0.3) is 0 Å². The number of aliphatic imine (C=N–C) groups is 1. The number of likely N-dealkylation sites (tertiary alicyclic amines) is 1. The van der Waals surface area contributed by atoms with Gasteiger partial charge in [-0.15, -0.1) is 24.0 Å². The van der Waals surface area contributed by atoms with Crippen LogP contribution in [0.3, 0.4) is 0 Å². The molecular formula is C17H33IN6. The number of nitrogens with zero attached hydrogens (tertiary/aromatic N) is 4. The van der Waals surface area contributed by atoms with E-state index in [1.54, 1.807) is 0 Å². The van der Waals surface area contributed by atoms with Gasteiger partial charge in [0.05, 0.1) is 12.2 Å². The first-order valence-electron chi connectivity index (χ1n) is 8.90. The van der Waals surface area contributed by atoms with Gasteiger partial charge in [-0.25, -0.2) is 4.99 Å². The maximum Gasteiger partial charge on any atom is 0.191 e. The van der Waals surface area contributed by atoms with Crippen LogP contribution in [0.5, 0.6) is 0 Å². The minimum Gasteiger partial charge on any atom is -0.357 e. The van der Waals surface area contributed by atoms with Crippen molar-refractivity contribution in [3.05, 3.63) is 18.0 Å². The predicted molar refractivity (Wildman–Crippen MR) is 111 cm³/mol.